The fourth-order valence-electron chi connectivity index (χ4n) is 2.50. The van der Waals surface area contributed by atoms with Crippen LogP contribution in [0.1, 0.15) is 21.5 Å². The van der Waals surface area contributed by atoms with Gasteiger partial charge in [-0.1, -0.05) is 12.1 Å². The predicted molar refractivity (Wildman–Crippen MR) is 79.5 cm³/mol. The third-order valence-corrected chi connectivity index (χ3v) is 3.65. The number of fused-ring (bicyclic) bond motifs is 1. The number of carboxylic acid groups (broad SMARTS) is 1. The van der Waals surface area contributed by atoms with Crippen LogP contribution >= 0.6 is 0 Å². The molecule has 24 heavy (non-hydrogen) atoms. The molecule has 0 amide bonds. The van der Waals surface area contributed by atoms with Gasteiger partial charge >= 0.3 is 12.1 Å². The van der Waals surface area contributed by atoms with Gasteiger partial charge in [-0.3, -0.25) is 0 Å². The summed E-state index contributed by atoms with van der Waals surface area (Å²) in [5.74, 6) is -1.48. The quantitative estimate of drug-likeness (QED) is 0.750. The Morgan fingerprint density at radius 2 is 2.00 bits per heavy atom. The van der Waals surface area contributed by atoms with Gasteiger partial charge in [-0.15, -0.1) is 0 Å². The average molecular weight is 336 g/mol. The number of rotatable bonds is 2. The molecule has 3 N–H and O–H groups in total. The van der Waals surface area contributed by atoms with Crippen molar-refractivity contribution >= 4 is 17.3 Å². The normalized spacial score (nSPS) is 11.8. The van der Waals surface area contributed by atoms with Crippen molar-refractivity contribution in [3.63, 3.8) is 0 Å². The second kappa shape index (κ2) is 5.22. The van der Waals surface area contributed by atoms with Crippen LogP contribution in [0.4, 0.5) is 19.0 Å². The Kier molecular flexibility index (Phi) is 3.43. The monoisotopic (exact) mass is 336 g/mol. The molecule has 3 aromatic rings. The van der Waals surface area contributed by atoms with Crippen LogP contribution in [-0.2, 0) is 6.18 Å². The van der Waals surface area contributed by atoms with Gasteiger partial charge in [0.2, 0.25) is 0 Å². The lowest BCUT2D eigenvalue weighted by atomic mass is 10.0. The number of hydrogen-bond acceptors (Lipinski definition) is 4. The molecule has 1 aromatic carbocycles. The van der Waals surface area contributed by atoms with Crippen LogP contribution in [-0.4, -0.2) is 25.7 Å². The minimum Gasteiger partial charge on any atom is -0.478 e. The van der Waals surface area contributed by atoms with E-state index in [4.69, 9.17) is 5.73 Å². The van der Waals surface area contributed by atoms with Gasteiger partial charge < -0.3 is 10.8 Å². The summed E-state index contributed by atoms with van der Waals surface area (Å²) in [5.41, 5.74) is 5.09. The van der Waals surface area contributed by atoms with Crippen LogP contribution < -0.4 is 5.73 Å². The van der Waals surface area contributed by atoms with Crippen molar-refractivity contribution in [1.82, 2.24) is 14.6 Å². The summed E-state index contributed by atoms with van der Waals surface area (Å²) in [7, 11) is 0. The highest BCUT2D eigenvalue weighted by Gasteiger charge is 2.36. The first-order valence-electron chi connectivity index (χ1n) is 6.74. The summed E-state index contributed by atoms with van der Waals surface area (Å²) in [6.45, 7) is 1.60. The molecule has 0 saturated carbocycles. The second-order valence-electron chi connectivity index (χ2n) is 5.18. The molecule has 0 radical (unpaired) electrons. The Morgan fingerprint density at radius 1 is 1.29 bits per heavy atom. The molecule has 6 nitrogen and oxygen atoms in total. The topological polar surface area (TPSA) is 93.5 Å². The predicted octanol–water partition coefficient (Wildman–Crippen LogP) is 3.00. The Labute approximate surface area is 133 Å². The maximum Gasteiger partial charge on any atom is 0.418 e. The highest BCUT2D eigenvalue weighted by molar-refractivity contribution is 5.91. The van der Waals surface area contributed by atoms with Crippen LogP contribution in [0, 0.1) is 6.92 Å². The zero-order valence-corrected chi connectivity index (χ0v) is 12.3. The van der Waals surface area contributed by atoms with E-state index >= 15 is 0 Å². The van der Waals surface area contributed by atoms with Crippen molar-refractivity contribution < 1.29 is 23.1 Å². The lowest BCUT2D eigenvalue weighted by Crippen LogP contribution is -2.07. The van der Waals surface area contributed by atoms with Crippen LogP contribution in [0.5, 0.6) is 0 Å². The van der Waals surface area contributed by atoms with Crippen molar-refractivity contribution in [2.75, 3.05) is 5.73 Å². The van der Waals surface area contributed by atoms with Gasteiger partial charge in [-0.05, 0) is 24.6 Å². The number of aromatic carboxylic acids is 1. The number of nitrogen functional groups attached to an aromatic ring is 1. The zero-order valence-electron chi connectivity index (χ0n) is 12.3. The second-order valence-corrected chi connectivity index (χ2v) is 5.18. The molecule has 0 aliphatic heterocycles. The standard InChI is InChI=1S/C15H11F3N4O2/c1-7-2-3-8(4-9(7)14(23)24)11-5-10(15(16,17)18)12-13(19)20-6-21-22(11)12/h2-6H,1H3,(H,23,24)(H2,19,20,21). The summed E-state index contributed by atoms with van der Waals surface area (Å²) in [6, 6.07) is 5.24. The van der Waals surface area contributed by atoms with E-state index in [1.165, 1.54) is 18.2 Å². The summed E-state index contributed by atoms with van der Waals surface area (Å²) >= 11 is 0. The number of nitrogens with zero attached hydrogens (tertiary/aromatic N) is 3. The number of alkyl halides is 3. The van der Waals surface area contributed by atoms with E-state index < -0.39 is 17.7 Å². The van der Waals surface area contributed by atoms with E-state index in [0.29, 0.717) is 5.56 Å². The number of aryl methyl sites for hydroxylation is 1. The lowest BCUT2D eigenvalue weighted by Gasteiger charge is -2.06. The maximum absolute atomic E-state index is 13.3. The van der Waals surface area contributed by atoms with E-state index in [0.717, 1.165) is 16.9 Å². The van der Waals surface area contributed by atoms with Gasteiger partial charge in [-0.2, -0.15) is 18.3 Å². The van der Waals surface area contributed by atoms with E-state index in [-0.39, 0.29) is 28.2 Å². The summed E-state index contributed by atoms with van der Waals surface area (Å²) in [5, 5.41) is 13.0. The van der Waals surface area contributed by atoms with Crippen molar-refractivity contribution in [3.05, 3.63) is 47.3 Å². The van der Waals surface area contributed by atoms with Crippen molar-refractivity contribution in [2.45, 2.75) is 13.1 Å². The van der Waals surface area contributed by atoms with Gasteiger partial charge in [0.15, 0.2) is 5.82 Å². The number of anilines is 1. The first-order valence-corrected chi connectivity index (χ1v) is 6.74. The molecule has 2 aromatic heterocycles. The minimum atomic E-state index is -4.65. The lowest BCUT2D eigenvalue weighted by molar-refractivity contribution is -0.136. The van der Waals surface area contributed by atoms with Gasteiger partial charge in [0.25, 0.3) is 0 Å². The fourth-order valence-corrected chi connectivity index (χ4v) is 2.50. The van der Waals surface area contributed by atoms with Crippen LogP contribution in [0.2, 0.25) is 0 Å². The summed E-state index contributed by atoms with van der Waals surface area (Å²) < 4.78 is 40.9. The zero-order chi connectivity index (χ0) is 17.6. The molecule has 0 fully saturated rings. The Bertz CT molecular complexity index is 963. The molecule has 0 spiro atoms. The van der Waals surface area contributed by atoms with Crippen molar-refractivity contribution in [1.29, 1.82) is 0 Å². The van der Waals surface area contributed by atoms with Gasteiger partial charge in [0.1, 0.15) is 11.8 Å². The molecule has 0 atom stereocenters. The number of halogens is 3. The minimum absolute atomic E-state index is 0.00182. The number of nitrogens with two attached hydrogens (primary N) is 1. The largest absolute Gasteiger partial charge is 0.478 e. The molecular formula is C15H11F3N4O2. The SMILES string of the molecule is Cc1ccc(-c2cc(C(F)(F)F)c3c(N)ncnn23)cc1C(=O)O. The van der Waals surface area contributed by atoms with E-state index in [1.807, 2.05) is 0 Å². The number of aromatic nitrogens is 3. The molecule has 0 unspecified atom stereocenters. The Morgan fingerprint density at radius 3 is 2.62 bits per heavy atom. The number of hydrogen-bond donors (Lipinski definition) is 2. The third-order valence-electron chi connectivity index (χ3n) is 3.65. The summed E-state index contributed by atoms with van der Waals surface area (Å²) in [6.07, 6.45) is -3.61. The van der Waals surface area contributed by atoms with Gasteiger partial charge in [-0.25, -0.2) is 14.3 Å². The molecule has 9 heteroatoms. The molecule has 0 aliphatic rings. The number of carboxylic acids is 1. The van der Waals surface area contributed by atoms with Gasteiger partial charge in [0.05, 0.1) is 16.8 Å². The Balaban J connectivity index is 2.34. The molecule has 0 saturated heterocycles. The number of benzene rings is 1. The molecule has 2 heterocycles. The molecule has 0 bridgehead atoms. The van der Waals surface area contributed by atoms with E-state index in [9.17, 15) is 23.1 Å². The molecular weight excluding hydrogens is 325 g/mol. The fraction of sp³-hybridized carbons (Fsp3) is 0.133. The Hall–Kier alpha value is -3.10. The van der Waals surface area contributed by atoms with Crippen LogP contribution in [0.3, 0.4) is 0 Å². The molecule has 124 valence electrons. The van der Waals surface area contributed by atoms with Crippen molar-refractivity contribution in [2.24, 2.45) is 0 Å². The van der Waals surface area contributed by atoms with E-state index in [2.05, 4.69) is 10.1 Å². The van der Waals surface area contributed by atoms with E-state index in [1.54, 1.807) is 6.92 Å². The maximum atomic E-state index is 13.3. The molecule has 0 aliphatic carbocycles. The van der Waals surface area contributed by atoms with Crippen LogP contribution in [0.15, 0.2) is 30.6 Å². The van der Waals surface area contributed by atoms with Crippen LogP contribution in [0.25, 0.3) is 16.8 Å². The van der Waals surface area contributed by atoms with Crippen molar-refractivity contribution in [3.8, 4) is 11.3 Å². The molecule has 3 rings (SSSR count). The third kappa shape index (κ3) is 2.43. The smallest absolute Gasteiger partial charge is 0.418 e. The number of carbonyl (C=O) groups is 1. The summed E-state index contributed by atoms with van der Waals surface area (Å²) in [4.78, 5) is 14.9. The highest BCUT2D eigenvalue weighted by atomic mass is 19.4. The first-order chi connectivity index (χ1) is 11.2. The van der Waals surface area contributed by atoms with Gasteiger partial charge in [0, 0.05) is 5.56 Å². The average Bonchev–Trinajstić information content (AvgIpc) is 2.88. The highest BCUT2D eigenvalue weighted by Crippen LogP contribution is 2.38. The first kappa shape index (κ1) is 15.8.